The molecule has 3 aromatic rings. The van der Waals surface area contributed by atoms with Crippen LogP contribution in [0, 0.1) is 0 Å². The van der Waals surface area contributed by atoms with Gasteiger partial charge in [0.2, 0.25) is 0 Å². The molecule has 3 nitrogen and oxygen atoms in total. The van der Waals surface area contributed by atoms with E-state index in [-0.39, 0.29) is 11.1 Å². The van der Waals surface area contributed by atoms with Crippen LogP contribution in [0.15, 0.2) is 21.7 Å². The van der Waals surface area contributed by atoms with Gasteiger partial charge in [0.1, 0.15) is 0 Å². The van der Waals surface area contributed by atoms with Crippen molar-refractivity contribution in [1.29, 1.82) is 0 Å². The maximum absolute atomic E-state index is 12.8. The Balaban J connectivity index is 2.59. The molecule has 3 aromatic heterocycles. The molecule has 0 fully saturated rings. The fraction of sp³-hybridized carbons (Fsp3) is 0.412. The summed E-state index contributed by atoms with van der Waals surface area (Å²) >= 11 is -1.02. The van der Waals surface area contributed by atoms with Gasteiger partial charge >= 0.3 is 159 Å². The second kappa shape index (κ2) is 6.09. The first kappa shape index (κ1) is 18.9. The fourth-order valence-electron chi connectivity index (χ4n) is 2.63. The number of fused-ring (bicyclic) bond motifs is 3. The van der Waals surface area contributed by atoms with Gasteiger partial charge in [-0.1, -0.05) is 0 Å². The SMILES string of the molecule is Cn1c(=O)c2c[c]([Sn]([CH3])([CH3])[CH3])sc2c2s[c]([Sn]([CH3])([CH3])[CH3])cc2c1=O. The van der Waals surface area contributed by atoms with Gasteiger partial charge in [0.25, 0.3) is 0 Å². The Labute approximate surface area is 158 Å². The zero-order valence-electron chi connectivity index (χ0n) is 15.2. The summed E-state index contributed by atoms with van der Waals surface area (Å²) < 4.78 is 6.15. The third-order valence-corrected chi connectivity index (χ3v) is 25.5. The van der Waals surface area contributed by atoms with Gasteiger partial charge in [-0.15, -0.1) is 0 Å². The minimum atomic E-state index is -2.27. The molecule has 0 saturated carbocycles. The summed E-state index contributed by atoms with van der Waals surface area (Å²) in [4.78, 5) is 39.8. The summed E-state index contributed by atoms with van der Waals surface area (Å²) in [5.74, 6) is 0. The molecule has 0 N–H and O–H groups in total. The first-order chi connectivity index (χ1) is 10.9. The molecular formula is C17H23NO2S2Sn2. The number of aromatic nitrogens is 1. The molecule has 0 aliphatic carbocycles. The molecule has 0 aliphatic rings. The van der Waals surface area contributed by atoms with Crippen LogP contribution in [0.25, 0.3) is 20.2 Å². The molecule has 0 amide bonds. The van der Waals surface area contributed by atoms with Crippen LogP contribution in [0.4, 0.5) is 0 Å². The van der Waals surface area contributed by atoms with E-state index < -0.39 is 36.8 Å². The Morgan fingerprint density at radius 2 is 1.08 bits per heavy atom. The maximum atomic E-state index is 12.8. The summed E-state index contributed by atoms with van der Waals surface area (Å²) in [6.07, 6.45) is 0. The fourth-order valence-corrected chi connectivity index (χ4v) is 15.5. The predicted molar refractivity (Wildman–Crippen MR) is 115 cm³/mol. The molecule has 128 valence electrons. The van der Waals surface area contributed by atoms with Crippen LogP contribution in [0.5, 0.6) is 0 Å². The summed E-state index contributed by atoms with van der Waals surface area (Å²) in [7, 11) is 1.61. The van der Waals surface area contributed by atoms with Crippen molar-refractivity contribution in [2.45, 2.75) is 29.6 Å². The van der Waals surface area contributed by atoms with E-state index in [1.165, 1.54) is 10.4 Å². The predicted octanol–water partition coefficient (Wildman–Crippen LogP) is 3.27. The molecule has 0 unspecified atom stereocenters. The van der Waals surface area contributed by atoms with Crippen molar-refractivity contribution in [3.63, 3.8) is 0 Å². The standard InChI is InChI=1S/C11H5NO2S2.6CH3.2Sn/c1-12-10(13)6-2-4-15-8(6)9-7(11(12)14)3-5-16-9;;;;;;;;/h2-3H,1H3;6*1H3;;. The van der Waals surface area contributed by atoms with Crippen LogP contribution in [-0.4, -0.2) is 41.3 Å². The van der Waals surface area contributed by atoms with Crippen molar-refractivity contribution in [1.82, 2.24) is 4.57 Å². The van der Waals surface area contributed by atoms with E-state index in [0.29, 0.717) is 0 Å². The van der Waals surface area contributed by atoms with Gasteiger partial charge in [-0.3, -0.25) is 0 Å². The summed E-state index contributed by atoms with van der Waals surface area (Å²) in [6.45, 7) is 0. The Kier molecular flexibility index (Phi) is 4.80. The number of nitrogens with zero attached hydrogens (tertiary/aromatic N) is 1. The van der Waals surface area contributed by atoms with E-state index in [2.05, 4.69) is 41.8 Å². The normalized spacial score (nSPS) is 13.1. The molecule has 0 aromatic carbocycles. The second-order valence-electron chi connectivity index (χ2n) is 8.38. The van der Waals surface area contributed by atoms with Crippen molar-refractivity contribution in [2.75, 3.05) is 0 Å². The molecule has 0 bridgehead atoms. The van der Waals surface area contributed by atoms with Crippen LogP contribution >= 0.6 is 22.7 Å². The van der Waals surface area contributed by atoms with Gasteiger partial charge in [-0.25, -0.2) is 0 Å². The summed E-state index contributed by atoms with van der Waals surface area (Å²) in [5.41, 5.74) is -0.311. The molecule has 0 saturated heterocycles. The van der Waals surface area contributed by atoms with E-state index in [0.717, 1.165) is 20.2 Å². The van der Waals surface area contributed by atoms with Gasteiger partial charge in [0.05, 0.1) is 0 Å². The summed E-state index contributed by atoms with van der Waals surface area (Å²) in [5, 5.41) is 1.46. The number of hydrogen-bond donors (Lipinski definition) is 0. The third-order valence-electron chi connectivity index (χ3n) is 4.22. The molecule has 0 aliphatic heterocycles. The molecule has 0 spiro atoms. The molecule has 3 rings (SSSR count). The van der Waals surface area contributed by atoms with Crippen LogP contribution in [0.1, 0.15) is 0 Å². The van der Waals surface area contributed by atoms with Gasteiger partial charge in [0.15, 0.2) is 0 Å². The average molecular weight is 575 g/mol. The molecule has 7 heteroatoms. The van der Waals surface area contributed by atoms with Gasteiger partial charge in [0, 0.05) is 0 Å². The number of rotatable bonds is 2. The van der Waals surface area contributed by atoms with Gasteiger partial charge in [-0.05, 0) is 0 Å². The van der Waals surface area contributed by atoms with Crippen LogP contribution < -0.4 is 16.9 Å². The minimum absolute atomic E-state index is 0.155. The van der Waals surface area contributed by atoms with Crippen molar-refractivity contribution in [3.05, 3.63) is 32.8 Å². The quantitative estimate of drug-likeness (QED) is 0.441. The summed E-state index contributed by atoms with van der Waals surface area (Å²) in [6, 6.07) is 4.16. The molecule has 0 radical (unpaired) electrons. The van der Waals surface area contributed by atoms with E-state index in [4.69, 9.17) is 0 Å². The molecule has 0 atom stereocenters. The Hall–Kier alpha value is 0.137. The van der Waals surface area contributed by atoms with Crippen LogP contribution in [0.3, 0.4) is 0 Å². The molecule has 3 heterocycles. The third kappa shape index (κ3) is 3.14. The van der Waals surface area contributed by atoms with E-state index in [1.54, 1.807) is 29.7 Å². The van der Waals surface area contributed by atoms with E-state index in [9.17, 15) is 9.59 Å². The number of thiophene rings is 2. The monoisotopic (exact) mass is 577 g/mol. The van der Waals surface area contributed by atoms with Crippen molar-refractivity contribution in [2.24, 2.45) is 7.05 Å². The first-order valence-corrected chi connectivity index (χ1v) is 29.6. The molecule has 24 heavy (non-hydrogen) atoms. The molecular weight excluding hydrogens is 552 g/mol. The van der Waals surface area contributed by atoms with E-state index >= 15 is 0 Å². The topological polar surface area (TPSA) is 39.1 Å². The zero-order chi connectivity index (χ0) is 18.0. The van der Waals surface area contributed by atoms with Crippen molar-refractivity contribution < 1.29 is 0 Å². The second-order valence-corrected chi connectivity index (χ2v) is 41.3. The zero-order valence-corrected chi connectivity index (χ0v) is 22.6. The average Bonchev–Trinajstić information content (AvgIpc) is 3.05. The van der Waals surface area contributed by atoms with Gasteiger partial charge in [-0.2, -0.15) is 0 Å². The van der Waals surface area contributed by atoms with Gasteiger partial charge < -0.3 is 0 Å². The first-order valence-electron chi connectivity index (χ1n) is 8.02. The van der Waals surface area contributed by atoms with Crippen LogP contribution in [-0.2, 0) is 7.05 Å². The Bertz CT molecular complexity index is 994. The Morgan fingerprint density at radius 3 is 1.38 bits per heavy atom. The van der Waals surface area contributed by atoms with Crippen molar-refractivity contribution >= 4 is 85.4 Å². The Morgan fingerprint density at radius 1 is 0.750 bits per heavy atom. The number of hydrogen-bond acceptors (Lipinski definition) is 4. The van der Waals surface area contributed by atoms with Crippen LogP contribution in [0.2, 0.25) is 29.6 Å². The van der Waals surface area contributed by atoms with Crippen molar-refractivity contribution in [3.8, 4) is 0 Å². The van der Waals surface area contributed by atoms with E-state index in [1.807, 2.05) is 0 Å².